The van der Waals surface area contributed by atoms with E-state index in [1.807, 2.05) is 39.8 Å². The van der Waals surface area contributed by atoms with Gasteiger partial charge in [0.15, 0.2) is 23.0 Å². The molecule has 0 bridgehead atoms. The largest absolute Gasteiger partial charge is 0.490 e. The van der Waals surface area contributed by atoms with E-state index >= 15 is 0 Å². The molecule has 0 aliphatic carbocycles. The fraction of sp³-hybridized carbons (Fsp3) is 0.333. The van der Waals surface area contributed by atoms with Crippen molar-refractivity contribution in [1.82, 2.24) is 4.57 Å². The van der Waals surface area contributed by atoms with Crippen molar-refractivity contribution < 1.29 is 23.7 Å². The molecule has 0 unspecified atom stereocenters. The number of nitrogens with zero attached hydrogens (tertiary/aromatic N) is 1. The molecular weight excluding hydrogens is 490 g/mol. The molecule has 5 rings (SSSR count). The average molecular weight is 528 g/mol. The van der Waals surface area contributed by atoms with E-state index in [0.29, 0.717) is 33.0 Å². The summed E-state index contributed by atoms with van der Waals surface area (Å²) in [5.74, 6) is 3.85. The van der Waals surface area contributed by atoms with Gasteiger partial charge in [0.2, 0.25) is 0 Å². The minimum Gasteiger partial charge on any atom is -0.490 e. The number of benzene rings is 3. The summed E-state index contributed by atoms with van der Waals surface area (Å²) in [6, 6.07) is 16.8. The summed E-state index contributed by atoms with van der Waals surface area (Å²) in [6.45, 7) is 15.4. The minimum absolute atomic E-state index is 0.451. The Morgan fingerprint density at radius 2 is 1.41 bits per heavy atom. The molecule has 204 valence electrons. The lowest BCUT2D eigenvalue weighted by atomic mass is 9.92. The van der Waals surface area contributed by atoms with Gasteiger partial charge in [0.25, 0.3) is 0 Å². The van der Waals surface area contributed by atoms with Crippen molar-refractivity contribution in [3.8, 4) is 51.1 Å². The second kappa shape index (κ2) is 11.8. The Morgan fingerprint density at radius 1 is 0.744 bits per heavy atom. The second-order valence-electron chi connectivity index (χ2n) is 9.25. The summed E-state index contributed by atoms with van der Waals surface area (Å²) in [5.41, 5.74) is 6.90. The predicted octanol–water partition coefficient (Wildman–Crippen LogP) is 7.69. The Balaban J connectivity index is 1.79. The lowest BCUT2D eigenvalue weighted by Gasteiger charge is -2.24. The number of hydrogen-bond acceptors (Lipinski definition) is 5. The first-order chi connectivity index (χ1) is 19.1. The Hall–Kier alpha value is -4.06. The van der Waals surface area contributed by atoms with Crippen LogP contribution in [0.2, 0.25) is 0 Å². The van der Waals surface area contributed by atoms with Gasteiger partial charge in [-0.2, -0.15) is 0 Å². The van der Waals surface area contributed by atoms with Gasteiger partial charge < -0.3 is 28.3 Å². The summed E-state index contributed by atoms with van der Waals surface area (Å²) in [5, 5.41) is 1.12. The molecule has 1 aliphatic heterocycles. The Morgan fingerprint density at radius 3 is 2.10 bits per heavy atom. The van der Waals surface area contributed by atoms with Crippen molar-refractivity contribution in [3.63, 3.8) is 0 Å². The molecule has 4 aromatic rings. The molecule has 2 heterocycles. The molecular formula is C33H37NO5. The SMILES string of the molecule is C=CCOc1ccc2c(c1)c(-c1ccc(OCC)c(OCC)c1)c1n2CCc2cc(OCC)c(OCC)cc2-1. The summed E-state index contributed by atoms with van der Waals surface area (Å²) >= 11 is 0. The topological polar surface area (TPSA) is 51.1 Å². The molecule has 0 spiro atoms. The molecule has 0 atom stereocenters. The van der Waals surface area contributed by atoms with Gasteiger partial charge in [-0.15, -0.1) is 0 Å². The van der Waals surface area contributed by atoms with Crippen LogP contribution in [0, 0.1) is 0 Å². The Kier molecular flexibility index (Phi) is 8.01. The number of ether oxygens (including phenoxy) is 5. The number of aryl methyl sites for hydroxylation is 2. The number of hydrogen-bond donors (Lipinski definition) is 0. The van der Waals surface area contributed by atoms with Crippen molar-refractivity contribution in [2.45, 2.75) is 40.7 Å². The Labute approximate surface area is 230 Å². The van der Waals surface area contributed by atoms with Gasteiger partial charge in [0.05, 0.1) is 32.1 Å². The highest BCUT2D eigenvalue weighted by Gasteiger charge is 2.28. The summed E-state index contributed by atoms with van der Waals surface area (Å²) in [4.78, 5) is 0. The van der Waals surface area contributed by atoms with Gasteiger partial charge in [-0.1, -0.05) is 18.7 Å². The maximum absolute atomic E-state index is 6.05. The highest BCUT2D eigenvalue weighted by Crippen LogP contribution is 2.49. The van der Waals surface area contributed by atoms with E-state index in [2.05, 4.69) is 47.5 Å². The van der Waals surface area contributed by atoms with Crippen LogP contribution >= 0.6 is 0 Å². The molecule has 0 N–H and O–H groups in total. The summed E-state index contributed by atoms with van der Waals surface area (Å²) < 4.78 is 32.3. The monoisotopic (exact) mass is 527 g/mol. The second-order valence-corrected chi connectivity index (χ2v) is 9.25. The molecule has 1 aliphatic rings. The van der Waals surface area contributed by atoms with Crippen LogP contribution in [0.25, 0.3) is 33.3 Å². The zero-order chi connectivity index (χ0) is 27.4. The van der Waals surface area contributed by atoms with Crippen LogP contribution in [0.4, 0.5) is 0 Å². The van der Waals surface area contributed by atoms with E-state index < -0.39 is 0 Å². The van der Waals surface area contributed by atoms with Crippen LogP contribution in [0.15, 0.2) is 61.2 Å². The number of rotatable bonds is 12. The zero-order valence-corrected chi connectivity index (χ0v) is 23.3. The van der Waals surface area contributed by atoms with E-state index in [0.717, 1.165) is 75.0 Å². The molecule has 0 radical (unpaired) electrons. The van der Waals surface area contributed by atoms with Crippen LogP contribution in [-0.2, 0) is 13.0 Å². The van der Waals surface area contributed by atoms with Crippen molar-refractivity contribution in [3.05, 3.63) is 66.7 Å². The molecule has 39 heavy (non-hydrogen) atoms. The molecule has 3 aromatic carbocycles. The van der Waals surface area contributed by atoms with E-state index in [1.165, 1.54) is 5.56 Å². The predicted molar refractivity (Wildman–Crippen MR) is 157 cm³/mol. The third kappa shape index (κ3) is 5.03. The van der Waals surface area contributed by atoms with Crippen LogP contribution < -0.4 is 23.7 Å². The molecule has 0 saturated heterocycles. The van der Waals surface area contributed by atoms with E-state index in [-0.39, 0.29) is 0 Å². The van der Waals surface area contributed by atoms with Crippen molar-refractivity contribution >= 4 is 10.9 Å². The highest BCUT2D eigenvalue weighted by molar-refractivity contribution is 6.06. The van der Waals surface area contributed by atoms with Gasteiger partial charge in [0.1, 0.15) is 12.4 Å². The molecule has 1 aromatic heterocycles. The average Bonchev–Trinajstić information content (AvgIpc) is 3.28. The maximum Gasteiger partial charge on any atom is 0.161 e. The van der Waals surface area contributed by atoms with Crippen molar-refractivity contribution in [1.29, 1.82) is 0 Å². The quantitative estimate of drug-likeness (QED) is 0.177. The van der Waals surface area contributed by atoms with E-state index in [1.54, 1.807) is 6.08 Å². The lowest BCUT2D eigenvalue weighted by Crippen LogP contribution is -2.12. The van der Waals surface area contributed by atoms with Gasteiger partial charge in [-0.3, -0.25) is 0 Å². The van der Waals surface area contributed by atoms with Gasteiger partial charge in [0, 0.05) is 28.6 Å². The van der Waals surface area contributed by atoms with Crippen LogP contribution in [0.5, 0.6) is 28.7 Å². The summed E-state index contributed by atoms with van der Waals surface area (Å²) in [6.07, 6.45) is 2.67. The molecule has 0 fully saturated rings. The van der Waals surface area contributed by atoms with Gasteiger partial charge in [-0.05, 0) is 87.7 Å². The maximum atomic E-state index is 6.05. The van der Waals surface area contributed by atoms with E-state index in [9.17, 15) is 0 Å². The fourth-order valence-electron chi connectivity index (χ4n) is 5.39. The normalized spacial score (nSPS) is 12.0. The van der Waals surface area contributed by atoms with Gasteiger partial charge in [-0.25, -0.2) is 0 Å². The lowest BCUT2D eigenvalue weighted by molar-refractivity contribution is 0.287. The van der Waals surface area contributed by atoms with Crippen molar-refractivity contribution in [2.75, 3.05) is 33.0 Å². The fourth-order valence-corrected chi connectivity index (χ4v) is 5.39. The number of aromatic nitrogens is 1. The molecule has 0 saturated carbocycles. The first-order valence-corrected chi connectivity index (χ1v) is 13.9. The first kappa shape index (κ1) is 26.5. The number of fused-ring (bicyclic) bond motifs is 5. The van der Waals surface area contributed by atoms with Crippen LogP contribution in [0.1, 0.15) is 33.3 Å². The third-order valence-electron chi connectivity index (χ3n) is 6.86. The zero-order valence-electron chi connectivity index (χ0n) is 23.3. The van der Waals surface area contributed by atoms with Crippen LogP contribution in [-0.4, -0.2) is 37.6 Å². The third-order valence-corrected chi connectivity index (χ3v) is 6.86. The first-order valence-electron chi connectivity index (χ1n) is 13.9. The highest BCUT2D eigenvalue weighted by atomic mass is 16.5. The molecule has 6 nitrogen and oxygen atoms in total. The molecule has 0 amide bonds. The van der Waals surface area contributed by atoms with E-state index in [4.69, 9.17) is 23.7 Å². The summed E-state index contributed by atoms with van der Waals surface area (Å²) in [7, 11) is 0. The van der Waals surface area contributed by atoms with Gasteiger partial charge >= 0.3 is 0 Å². The minimum atomic E-state index is 0.451. The Bertz CT molecular complexity index is 1490. The van der Waals surface area contributed by atoms with Crippen molar-refractivity contribution in [2.24, 2.45) is 0 Å². The standard InChI is InChI=1S/C33H37NO5/c1-6-17-39-24-12-13-27-26(20-24)32(23-11-14-28(35-7-2)29(19-23)36-8-3)33-25-21-31(38-10-5)30(37-9-4)18-22(25)15-16-34(27)33/h6,11-14,18-21H,1,7-10,15-17H2,2-5H3. The smallest absolute Gasteiger partial charge is 0.161 e. The molecule has 6 heteroatoms. The van der Waals surface area contributed by atoms with Crippen LogP contribution in [0.3, 0.4) is 0 Å².